The minimum Gasteiger partial charge on any atom is -0.468 e. The van der Waals surface area contributed by atoms with E-state index in [-0.39, 0.29) is 0 Å². The van der Waals surface area contributed by atoms with Crippen LogP contribution < -0.4 is 5.32 Å². The van der Waals surface area contributed by atoms with E-state index in [0.717, 1.165) is 25.4 Å². The first kappa shape index (κ1) is 16.3. The van der Waals surface area contributed by atoms with E-state index in [0.29, 0.717) is 18.0 Å². The van der Waals surface area contributed by atoms with Crippen LogP contribution >= 0.6 is 0 Å². The Bertz CT molecular complexity index is 355. The Balaban J connectivity index is 2.55. The quantitative estimate of drug-likeness (QED) is 0.778. The maximum absolute atomic E-state index is 5.68. The number of hydrogen-bond donors (Lipinski definition) is 1. The third-order valence-corrected chi connectivity index (χ3v) is 3.11. The second-order valence-corrected chi connectivity index (χ2v) is 6.37. The van der Waals surface area contributed by atoms with Gasteiger partial charge in [-0.05, 0) is 25.8 Å². The summed E-state index contributed by atoms with van der Waals surface area (Å²) in [6.07, 6.45) is 1.87. The van der Waals surface area contributed by atoms with E-state index in [1.807, 2.05) is 6.26 Å². The highest BCUT2D eigenvalue weighted by Crippen LogP contribution is 2.14. The fourth-order valence-corrected chi connectivity index (χ4v) is 2.05. The summed E-state index contributed by atoms with van der Waals surface area (Å²) < 4.78 is 5.68. The average Bonchev–Trinajstić information content (AvgIpc) is 2.72. The SMILES string of the molecule is CC(C)CN(Cc1cc(CNC(C)C)co1)C(C)C. The Labute approximate surface area is 118 Å². The summed E-state index contributed by atoms with van der Waals surface area (Å²) in [6.45, 7) is 16.2. The molecule has 0 fully saturated rings. The molecule has 0 saturated carbocycles. The van der Waals surface area contributed by atoms with Crippen molar-refractivity contribution in [3.8, 4) is 0 Å². The zero-order chi connectivity index (χ0) is 14.4. The molecule has 0 amide bonds. The zero-order valence-corrected chi connectivity index (χ0v) is 13.4. The summed E-state index contributed by atoms with van der Waals surface area (Å²) >= 11 is 0. The predicted molar refractivity (Wildman–Crippen MR) is 81.1 cm³/mol. The van der Waals surface area contributed by atoms with Gasteiger partial charge in [-0.2, -0.15) is 0 Å². The van der Waals surface area contributed by atoms with Crippen molar-refractivity contribution in [1.29, 1.82) is 0 Å². The number of hydrogen-bond acceptors (Lipinski definition) is 3. The van der Waals surface area contributed by atoms with E-state index in [9.17, 15) is 0 Å². The van der Waals surface area contributed by atoms with Gasteiger partial charge in [0.15, 0.2) is 0 Å². The van der Waals surface area contributed by atoms with Crippen molar-refractivity contribution in [2.45, 2.75) is 66.7 Å². The summed E-state index contributed by atoms with van der Waals surface area (Å²) in [6, 6.07) is 3.22. The first-order valence-electron chi connectivity index (χ1n) is 7.42. The summed E-state index contributed by atoms with van der Waals surface area (Å²) in [5.41, 5.74) is 1.23. The standard InChI is InChI=1S/C16H30N2O/c1-12(2)9-18(14(5)6)10-16-7-15(11-19-16)8-17-13(3)4/h7,11-14,17H,8-10H2,1-6H3. The van der Waals surface area contributed by atoms with Crippen LogP contribution in [0.3, 0.4) is 0 Å². The molecule has 3 nitrogen and oxygen atoms in total. The zero-order valence-electron chi connectivity index (χ0n) is 13.4. The molecule has 110 valence electrons. The van der Waals surface area contributed by atoms with Crippen molar-refractivity contribution in [2.75, 3.05) is 6.54 Å². The van der Waals surface area contributed by atoms with Gasteiger partial charge in [0, 0.05) is 30.7 Å². The van der Waals surface area contributed by atoms with E-state index >= 15 is 0 Å². The molecule has 0 radical (unpaired) electrons. The highest BCUT2D eigenvalue weighted by molar-refractivity contribution is 5.12. The lowest BCUT2D eigenvalue weighted by molar-refractivity contribution is 0.175. The molecule has 19 heavy (non-hydrogen) atoms. The van der Waals surface area contributed by atoms with Gasteiger partial charge >= 0.3 is 0 Å². The van der Waals surface area contributed by atoms with Crippen molar-refractivity contribution in [2.24, 2.45) is 5.92 Å². The highest BCUT2D eigenvalue weighted by atomic mass is 16.3. The summed E-state index contributed by atoms with van der Waals surface area (Å²) in [7, 11) is 0. The first-order valence-corrected chi connectivity index (χ1v) is 7.42. The molecule has 0 aliphatic rings. The van der Waals surface area contributed by atoms with Gasteiger partial charge in [-0.3, -0.25) is 4.90 Å². The number of rotatable bonds is 8. The lowest BCUT2D eigenvalue weighted by atomic mass is 10.1. The lowest BCUT2D eigenvalue weighted by Gasteiger charge is -2.27. The minimum absolute atomic E-state index is 0.506. The summed E-state index contributed by atoms with van der Waals surface area (Å²) in [5, 5.41) is 3.41. The maximum Gasteiger partial charge on any atom is 0.118 e. The Morgan fingerprint density at radius 1 is 1.16 bits per heavy atom. The third kappa shape index (κ3) is 6.26. The van der Waals surface area contributed by atoms with Gasteiger partial charge in [-0.15, -0.1) is 0 Å². The molecular weight excluding hydrogens is 236 g/mol. The van der Waals surface area contributed by atoms with E-state index in [1.165, 1.54) is 5.56 Å². The van der Waals surface area contributed by atoms with Crippen LogP contribution in [-0.2, 0) is 13.1 Å². The van der Waals surface area contributed by atoms with Gasteiger partial charge in [-0.25, -0.2) is 0 Å². The molecule has 1 aromatic rings. The van der Waals surface area contributed by atoms with Crippen LogP contribution in [0.4, 0.5) is 0 Å². The molecule has 1 heterocycles. The maximum atomic E-state index is 5.68. The fourth-order valence-electron chi connectivity index (χ4n) is 2.05. The lowest BCUT2D eigenvalue weighted by Crippen LogP contribution is -2.33. The van der Waals surface area contributed by atoms with Gasteiger partial charge in [0.05, 0.1) is 12.8 Å². The number of furan rings is 1. The van der Waals surface area contributed by atoms with Gasteiger partial charge in [0.2, 0.25) is 0 Å². The van der Waals surface area contributed by atoms with E-state index < -0.39 is 0 Å². The minimum atomic E-state index is 0.506. The highest BCUT2D eigenvalue weighted by Gasteiger charge is 2.14. The molecule has 1 N–H and O–H groups in total. The molecule has 0 aromatic carbocycles. The van der Waals surface area contributed by atoms with Crippen LogP contribution in [0, 0.1) is 5.92 Å². The largest absolute Gasteiger partial charge is 0.468 e. The van der Waals surface area contributed by atoms with E-state index in [2.05, 4.69) is 57.8 Å². The van der Waals surface area contributed by atoms with Gasteiger partial charge in [-0.1, -0.05) is 27.7 Å². The Kier molecular flexibility index (Phi) is 6.59. The smallest absolute Gasteiger partial charge is 0.118 e. The molecule has 1 aromatic heterocycles. The molecule has 1 rings (SSSR count). The summed E-state index contributed by atoms with van der Waals surface area (Å²) in [5.74, 6) is 1.74. The monoisotopic (exact) mass is 266 g/mol. The van der Waals surface area contributed by atoms with Crippen molar-refractivity contribution in [3.63, 3.8) is 0 Å². The Morgan fingerprint density at radius 2 is 1.84 bits per heavy atom. The van der Waals surface area contributed by atoms with Crippen LogP contribution in [0.5, 0.6) is 0 Å². The molecule has 0 unspecified atom stereocenters. The van der Waals surface area contributed by atoms with Crippen molar-refractivity contribution < 1.29 is 4.42 Å². The van der Waals surface area contributed by atoms with Gasteiger partial charge in [0.1, 0.15) is 5.76 Å². The summed E-state index contributed by atoms with van der Waals surface area (Å²) in [4.78, 5) is 2.46. The van der Waals surface area contributed by atoms with E-state index in [1.54, 1.807) is 0 Å². The fraction of sp³-hybridized carbons (Fsp3) is 0.750. The normalized spacial score (nSPS) is 12.3. The van der Waals surface area contributed by atoms with Crippen LogP contribution in [0.1, 0.15) is 52.9 Å². The van der Waals surface area contributed by atoms with Crippen molar-refractivity contribution >= 4 is 0 Å². The van der Waals surface area contributed by atoms with Crippen molar-refractivity contribution in [1.82, 2.24) is 10.2 Å². The molecule has 3 heteroatoms. The molecular formula is C16H30N2O. The van der Waals surface area contributed by atoms with Gasteiger partial charge in [0.25, 0.3) is 0 Å². The van der Waals surface area contributed by atoms with Gasteiger partial charge < -0.3 is 9.73 Å². The van der Waals surface area contributed by atoms with Crippen LogP contribution in [0.15, 0.2) is 16.7 Å². The molecule has 0 saturated heterocycles. The molecule has 0 aliphatic carbocycles. The second-order valence-electron chi connectivity index (χ2n) is 6.37. The van der Waals surface area contributed by atoms with Crippen LogP contribution in [0.25, 0.3) is 0 Å². The Hall–Kier alpha value is -0.800. The first-order chi connectivity index (χ1) is 8.88. The molecule has 0 bridgehead atoms. The molecule has 0 aliphatic heterocycles. The topological polar surface area (TPSA) is 28.4 Å². The average molecular weight is 266 g/mol. The Morgan fingerprint density at radius 3 is 2.37 bits per heavy atom. The predicted octanol–water partition coefficient (Wildman–Crippen LogP) is 3.64. The molecule has 0 atom stereocenters. The van der Waals surface area contributed by atoms with E-state index in [4.69, 9.17) is 4.42 Å². The third-order valence-electron chi connectivity index (χ3n) is 3.11. The van der Waals surface area contributed by atoms with Crippen molar-refractivity contribution in [3.05, 3.63) is 23.7 Å². The molecule has 0 spiro atoms. The van der Waals surface area contributed by atoms with Crippen LogP contribution in [-0.4, -0.2) is 23.5 Å². The number of nitrogens with one attached hydrogen (secondary N) is 1. The second kappa shape index (κ2) is 7.71. The van der Waals surface area contributed by atoms with Crippen LogP contribution in [0.2, 0.25) is 0 Å². The number of nitrogens with zero attached hydrogens (tertiary/aromatic N) is 1.